The SMILES string of the molecule is Cc1ccc(C(CNC2=NCCN2C)N2CCCC2)o1.I. The summed E-state index contributed by atoms with van der Waals surface area (Å²) in [5.74, 6) is 3.06. The van der Waals surface area contributed by atoms with Crippen molar-refractivity contribution in [3.63, 3.8) is 0 Å². The number of nitrogens with zero attached hydrogens (tertiary/aromatic N) is 3. The molecule has 1 fully saturated rings. The molecule has 1 unspecified atom stereocenters. The number of rotatable bonds is 4. The maximum Gasteiger partial charge on any atom is 0.193 e. The number of aliphatic imine (C=N–C) groups is 1. The third-order valence-corrected chi connectivity index (χ3v) is 4.18. The summed E-state index contributed by atoms with van der Waals surface area (Å²) in [5, 5.41) is 3.49. The second-order valence-electron chi connectivity index (χ2n) is 5.72. The van der Waals surface area contributed by atoms with E-state index in [1.807, 2.05) is 6.92 Å². The summed E-state index contributed by atoms with van der Waals surface area (Å²) >= 11 is 0. The van der Waals surface area contributed by atoms with Crippen LogP contribution in [0.2, 0.25) is 0 Å². The minimum Gasteiger partial charge on any atom is -0.465 e. The van der Waals surface area contributed by atoms with Gasteiger partial charge in [-0.2, -0.15) is 0 Å². The van der Waals surface area contributed by atoms with Crippen LogP contribution >= 0.6 is 24.0 Å². The van der Waals surface area contributed by atoms with Gasteiger partial charge in [0.05, 0.1) is 12.6 Å². The molecule has 118 valence electrons. The average Bonchev–Trinajstić information content (AvgIpc) is 3.14. The minimum absolute atomic E-state index is 0. The maximum atomic E-state index is 5.86. The summed E-state index contributed by atoms with van der Waals surface area (Å²) < 4.78 is 5.86. The zero-order chi connectivity index (χ0) is 13.9. The second-order valence-corrected chi connectivity index (χ2v) is 5.72. The zero-order valence-corrected chi connectivity index (χ0v) is 15.2. The van der Waals surface area contributed by atoms with E-state index in [2.05, 4.69) is 39.3 Å². The highest BCUT2D eigenvalue weighted by Gasteiger charge is 2.26. The predicted molar refractivity (Wildman–Crippen MR) is 95.3 cm³/mol. The Morgan fingerprint density at radius 3 is 2.62 bits per heavy atom. The van der Waals surface area contributed by atoms with E-state index in [0.717, 1.165) is 50.2 Å². The number of hydrogen-bond acceptors (Lipinski definition) is 5. The fraction of sp³-hybridized carbons (Fsp3) is 0.667. The van der Waals surface area contributed by atoms with Gasteiger partial charge in [0.25, 0.3) is 0 Å². The van der Waals surface area contributed by atoms with E-state index < -0.39 is 0 Å². The van der Waals surface area contributed by atoms with Crippen molar-refractivity contribution >= 4 is 29.9 Å². The summed E-state index contributed by atoms with van der Waals surface area (Å²) in [5.41, 5.74) is 0. The van der Waals surface area contributed by atoms with Crippen LogP contribution in [0.5, 0.6) is 0 Å². The summed E-state index contributed by atoms with van der Waals surface area (Å²) in [4.78, 5) is 9.19. The topological polar surface area (TPSA) is 44.0 Å². The third-order valence-electron chi connectivity index (χ3n) is 4.18. The van der Waals surface area contributed by atoms with Gasteiger partial charge in [0.15, 0.2) is 5.96 Å². The monoisotopic (exact) mass is 404 g/mol. The quantitative estimate of drug-likeness (QED) is 0.782. The van der Waals surface area contributed by atoms with E-state index in [1.165, 1.54) is 12.8 Å². The van der Waals surface area contributed by atoms with Crippen molar-refractivity contribution in [1.29, 1.82) is 0 Å². The van der Waals surface area contributed by atoms with Crippen LogP contribution in [0.15, 0.2) is 21.5 Å². The van der Waals surface area contributed by atoms with Crippen molar-refractivity contribution in [2.75, 3.05) is 39.8 Å². The average molecular weight is 404 g/mol. The number of hydrogen-bond donors (Lipinski definition) is 1. The van der Waals surface area contributed by atoms with Crippen molar-refractivity contribution in [2.24, 2.45) is 4.99 Å². The van der Waals surface area contributed by atoms with E-state index in [-0.39, 0.29) is 24.0 Å². The highest BCUT2D eigenvalue weighted by atomic mass is 127. The molecule has 1 saturated heterocycles. The van der Waals surface area contributed by atoms with Crippen LogP contribution in [0.1, 0.15) is 30.4 Å². The number of nitrogens with one attached hydrogen (secondary N) is 1. The fourth-order valence-corrected chi connectivity index (χ4v) is 3.01. The van der Waals surface area contributed by atoms with E-state index >= 15 is 0 Å². The molecule has 1 aromatic heterocycles. The molecule has 1 atom stereocenters. The molecule has 1 N–H and O–H groups in total. The predicted octanol–water partition coefficient (Wildman–Crippen LogP) is 2.23. The Morgan fingerprint density at radius 2 is 2.05 bits per heavy atom. The van der Waals surface area contributed by atoms with Crippen molar-refractivity contribution in [3.05, 3.63) is 23.7 Å². The van der Waals surface area contributed by atoms with Crippen LogP contribution < -0.4 is 5.32 Å². The van der Waals surface area contributed by atoms with Crippen molar-refractivity contribution in [3.8, 4) is 0 Å². The standard InChI is InChI=1S/C15H24N4O.HI/c1-12-5-6-14(20-12)13(19-8-3-4-9-19)11-17-15-16-7-10-18(15)2;/h5-6,13H,3-4,7-11H2,1-2H3,(H,16,17);1H. The van der Waals surface area contributed by atoms with E-state index in [9.17, 15) is 0 Å². The lowest BCUT2D eigenvalue weighted by Gasteiger charge is -2.27. The Hall–Kier alpha value is -0.760. The first-order valence-electron chi connectivity index (χ1n) is 7.54. The van der Waals surface area contributed by atoms with Crippen molar-refractivity contribution < 1.29 is 4.42 Å². The molecule has 0 bridgehead atoms. The molecular formula is C15H25IN4O. The first-order valence-corrected chi connectivity index (χ1v) is 7.54. The number of halogens is 1. The van der Waals surface area contributed by atoms with Crippen LogP contribution in [0, 0.1) is 6.92 Å². The molecule has 3 rings (SSSR count). The number of aryl methyl sites for hydroxylation is 1. The van der Waals surface area contributed by atoms with Gasteiger partial charge in [-0.3, -0.25) is 9.89 Å². The van der Waals surface area contributed by atoms with Gasteiger partial charge in [-0.1, -0.05) is 0 Å². The normalized spacial score (nSPS) is 20.3. The highest BCUT2D eigenvalue weighted by Crippen LogP contribution is 2.26. The lowest BCUT2D eigenvalue weighted by atomic mass is 10.2. The van der Waals surface area contributed by atoms with Crippen LogP contribution in [0.25, 0.3) is 0 Å². The first kappa shape index (κ1) is 16.6. The molecule has 2 aliphatic heterocycles. The van der Waals surface area contributed by atoms with E-state index in [0.29, 0.717) is 6.04 Å². The number of guanidine groups is 1. The van der Waals surface area contributed by atoms with Gasteiger partial charge in [-0.25, -0.2) is 0 Å². The largest absolute Gasteiger partial charge is 0.465 e. The molecule has 0 aromatic carbocycles. The van der Waals surface area contributed by atoms with E-state index in [1.54, 1.807) is 0 Å². The van der Waals surface area contributed by atoms with Crippen LogP contribution in [0.3, 0.4) is 0 Å². The first-order chi connectivity index (χ1) is 9.74. The molecule has 6 heteroatoms. The molecule has 0 radical (unpaired) electrons. The van der Waals surface area contributed by atoms with Gasteiger partial charge >= 0.3 is 0 Å². The van der Waals surface area contributed by atoms with Gasteiger partial charge < -0.3 is 14.6 Å². The van der Waals surface area contributed by atoms with Crippen LogP contribution in [-0.4, -0.2) is 55.5 Å². The van der Waals surface area contributed by atoms with E-state index in [4.69, 9.17) is 4.42 Å². The van der Waals surface area contributed by atoms with Gasteiger partial charge in [-0.15, -0.1) is 24.0 Å². The molecule has 0 spiro atoms. The summed E-state index contributed by atoms with van der Waals surface area (Å²) in [6.45, 7) is 7.09. The number of likely N-dealkylation sites (N-methyl/N-ethyl adjacent to an activating group) is 1. The third kappa shape index (κ3) is 3.91. The Kier molecular flexibility index (Phi) is 5.92. The van der Waals surface area contributed by atoms with Crippen LogP contribution in [-0.2, 0) is 0 Å². The fourth-order valence-electron chi connectivity index (χ4n) is 3.01. The van der Waals surface area contributed by atoms with Crippen LogP contribution in [0.4, 0.5) is 0 Å². The molecule has 21 heavy (non-hydrogen) atoms. The second kappa shape index (κ2) is 7.49. The minimum atomic E-state index is 0. The molecule has 2 aliphatic rings. The van der Waals surface area contributed by atoms with Gasteiger partial charge in [0, 0.05) is 20.1 Å². The highest BCUT2D eigenvalue weighted by molar-refractivity contribution is 14.0. The lowest BCUT2D eigenvalue weighted by molar-refractivity contribution is 0.213. The Morgan fingerprint density at radius 1 is 1.29 bits per heavy atom. The maximum absolute atomic E-state index is 5.86. The summed E-state index contributed by atoms with van der Waals surface area (Å²) in [7, 11) is 2.08. The molecular weight excluding hydrogens is 379 g/mol. The number of likely N-dealkylation sites (tertiary alicyclic amines) is 1. The Labute approximate surface area is 143 Å². The Balaban J connectivity index is 0.00000161. The summed E-state index contributed by atoms with van der Waals surface area (Å²) in [6.07, 6.45) is 2.58. The molecule has 0 amide bonds. The zero-order valence-electron chi connectivity index (χ0n) is 12.8. The molecule has 0 aliphatic carbocycles. The molecule has 3 heterocycles. The molecule has 5 nitrogen and oxygen atoms in total. The van der Waals surface area contributed by atoms with Gasteiger partial charge in [0.2, 0.25) is 0 Å². The van der Waals surface area contributed by atoms with Gasteiger partial charge in [-0.05, 0) is 45.0 Å². The van der Waals surface area contributed by atoms with Gasteiger partial charge in [0.1, 0.15) is 11.5 Å². The molecule has 1 aromatic rings. The molecule has 0 saturated carbocycles. The van der Waals surface area contributed by atoms with Crippen molar-refractivity contribution in [1.82, 2.24) is 15.1 Å². The summed E-state index contributed by atoms with van der Waals surface area (Å²) in [6, 6.07) is 4.47. The Bertz CT molecular complexity index is 482. The van der Waals surface area contributed by atoms with Crippen molar-refractivity contribution in [2.45, 2.75) is 25.8 Å². The smallest absolute Gasteiger partial charge is 0.193 e. The number of furan rings is 1. The lowest BCUT2D eigenvalue weighted by Crippen LogP contribution is -2.41.